The lowest BCUT2D eigenvalue weighted by Gasteiger charge is -2.01. The number of phenols is 2. The highest BCUT2D eigenvalue weighted by atomic mass is 79.9. The van der Waals surface area contributed by atoms with Crippen LogP contribution < -0.4 is 0 Å². The molecule has 24 heavy (non-hydrogen) atoms. The van der Waals surface area contributed by atoms with Gasteiger partial charge in [-0.2, -0.15) is 0 Å². The molecule has 0 atom stereocenters. The fourth-order valence-electron chi connectivity index (χ4n) is 1.63. The maximum absolute atomic E-state index is 9.62. The summed E-state index contributed by atoms with van der Waals surface area (Å²) in [6.45, 7) is 0.375. The van der Waals surface area contributed by atoms with E-state index in [2.05, 4.69) is 42.2 Å². The van der Waals surface area contributed by atoms with E-state index in [1.54, 1.807) is 36.4 Å². The normalized spacial score (nSPS) is 11.2. The van der Waals surface area contributed by atoms with E-state index in [1.165, 1.54) is 12.4 Å². The molecule has 0 aliphatic carbocycles. The molecule has 8 heteroatoms. The van der Waals surface area contributed by atoms with E-state index in [9.17, 15) is 10.2 Å². The van der Waals surface area contributed by atoms with Crippen LogP contribution in [0.3, 0.4) is 0 Å². The Morgan fingerprint density at radius 2 is 1.21 bits per heavy atom. The van der Waals surface area contributed by atoms with Gasteiger partial charge in [-0.15, -0.1) is 0 Å². The molecule has 2 rings (SSSR count). The zero-order valence-electron chi connectivity index (χ0n) is 12.4. The van der Waals surface area contributed by atoms with E-state index in [4.69, 9.17) is 9.68 Å². The van der Waals surface area contributed by atoms with Crippen LogP contribution in [-0.4, -0.2) is 35.9 Å². The number of hydrogen-bond donors (Lipinski definition) is 2. The van der Waals surface area contributed by atoms with Gasteiger partial charge in [0.25, 0.3) is 0 Å². The first kappa shape index (κ1) is 18.3. The van der Waals surface area contributed by atoms with Crippen molar-refractivity contribution in [2.45, 2.75) is 0 Å². The van der Waals surface area contributed by atoms with Crippen molar-refractivity contribution in [3.8, 4) is 11.5 Å². The number of nitrogens with zero attached hydrogens (tertiary/aromatic N) is 2. The SMILES string of the molecule is Oc1ccc(Br)cc1/C=N/OCCO/N=C/c1cc(Br)ccc1O. The van der Waals surface area contributed by atoms with Gasteiger partial charge in [0.05, 0.1) is 12.4 Å². The standard InChI is InChI=1S/C16H14Br2N2O4/c17-13-1-3-15(21)11(7-13)9-19-23-5-6-24-20-10-12-8-14(18)2-4-16(12)22/h1-4,7-10,21-22H,5-6H2/b19-9+,20-10+. The average Bonchev–Trinajstić information content (AvgIpc) is 2.56. The van der Waals surface area contributed by atoms with Gasteiger partial charge in [-0.05, 0) is 36.4 Å². The van der Waals surface area contributed by atoms with Gasteiger partial charge in [0, 0.05) is 20.1 Å². The summed E-state index contributed by atoms with van der Waals surface area (Å²) in [4.78, 5) is 10.0. The Morgan fingerprint density at radius 1 is 0.792 bits per heavy atom. The fourth-order valence-corrected chi connectivity index (χ4v) is 2.38. The molecule has 0 amide bonds. The van der Waals surface area contributed by atoms with Crippen LogP contribution in [0.25, 0.3) is 0 Å². The van der Waals surface area contributed by atoms with Crippen molar-refractivity contribution >= 4 is 44.3 Å². The Bertz CT molecular complexity index is 687. The average molecular weight is 458 g/mol. The second-order valence-corrected chi connectivity index (χ2v) is 6.37. The summed E-state index contributed by atoms with van der Waals surface area (Å²) in [5.74, 6) is 0.223. The molecular formula is C16H14Br2N2O4. The van der Waals surface area contributed by atoms with Crippen LogP contribution in [-0.2, 0) is 9.68 Å². The Hall–Kier alpha value is -2.06. The number of halogens is 2. The lowest BCUT2D eigenvalue weighted by atomic mass is 10.2. The van der Waals surface area contributed by atoms with Crippen molar-refractivity contribution in [2.75, 3.05) is 13.2 Å². The van der Waals surface area contributed by atoms with Crippen LogP contribution in [0.1, 0.15) is 11.1 Å². The maximum Gasteiger partial charge on any atom is 0.153 e. The van der Waals surface area contributed by atoms with Gasteiger partial charge in [0.15, 0.2) is 13.2 Å². The molecule has 0 aliphatic rings. The van der Waals surface area contributed by atoms with E-state index in [0.717, 1.165) is 8.95 Å². The molecule has 0 saturated heterocycles. The summed E-state index contributed by atoms with van der Waals surface area (Å²) in [5, 5.41) is 26.7. The molecular weight excluding hydrogens is 444 g/mol. The van der Waals surface area contributed by atoms with Gasteiger partial charge in [-0.1, -0.05) is 42.2 Å². The number of benzene rings is 2. The van der Waals surface area contributed by atoms with Crippen LogP contribution in [0, 0.1) is 0 Å². The van der Waals surface area contributed by atoms with E-state index >= 15 is 0 Å². The monoisotopic (exact) mass is 456 g/mol. The smallest absolute Gasteiger partial charge is 0.153 e. The zero-order valence-corrected chi connectivity index (χ0v) is 15.6. The number of hydrogen-bond acceptors (Lipinski definition) is 6. The van der Waals surface area contributed by atoms with Crippen molar-refractivity contribution < 1.29 is 19.9 Å². The topological polar surface area (TPSA) is 83.6 Å². The lowest BCUT2D eigenvalue weighted by Crippen LogP contribution is -1.98. The van der Waals surface area contributed by atoms with Crippen LogP contribution in [0.5, 0.6) is 11.5 Å². The number of phenolic OH excluding ortho intramolecular Hbond substituents is 2. The van der Waals surface area contributed by atoms with Crippen molar-refractivity contribution in [3.05, 3.63) is 56.5 Å². The molecule has 2 aromatic rings. The highest BCUT2D eigenvalue weighted by Crippen LogP contribution is 2.20. The van der Waals surface area contributed by atoms with E-state index in [-0.39, 0.29) is 24.7 Å². The first-order valence-electron chi connectivity index (χ1n) is 6.84. The van der Waals surface area contributed by atoms with E-state index < -0.39 is 0 Å². The Balaban J connectivity index is 1.71. The Morgan fingerprint density at radius 3 is 1.62 bits per heavy atom. The minimum Gasteiger partial charge on any atom is -0.507 e. The van der Waals surface area contributed by atoms with Gasteiger partial charge < -0.3 is 19.9 Å². The second-order valence-electron chi connectivity index (χ2n) is 4.54. The zero-order chi connectivity index (χ0) is 17.4. The highest BCUT2D eigenvalue weighted by molar-refractivity contribution is 9.10. The summed E-state index contributed by atoms with van der Waals surface area (Å²) in [6.07, 6.45) is 2.81. The summed E-state index contributed by atoms with van der Waals surface area (Å²) < 4.78 is 1.66. The van der Waals surface area contributed by atoms with E-state index in [0.29, 0.717) is 11.1 Å². The van der Waals surface area contributed by atoms with Crippen molar-refractivity contribution in [2.24, 2.45) is 10.3 Å². The minimum absolute atomic E-state index is 0.111. The third-order valence-electron chi connectivity index (χ3n) is 2.78. The van der Waals surface area contributed by atoms with Crippen LogP contribution in [0.15, 0.2) is 55.7 Å². The first-order valence-corrected chi connectivity index (χ1v) is 8.42. The largest absolute Gasteiger partial charge is 0.507 e. The quantitative estimate of drug-likeness (QED) is 0.373. The van der Waals surface area contributed by atoms with Crippen LogP contribution >= 0.6 is 31.9 Å². The minimum atomic E-state index is 0.111. The first-order chi connectivity index (χ1) is 11.6. The Kier molecular flexibility index (Phi) is 7.07. The molecule has 2 N–H and O–H groups in total. The molecule has 0 heterocycles. The summed E-state index contributed by atoms with van der Waals surface area (Å²) in [7, 11) is 0. The molecule has 0 bridgehead atoms. The Labute approximate surface area is 155 Å². The third kappa shape index (κ3) is 5.86. The predicted octanol–water partition coefficient (Wildman–Crippen LogP) is 4.02. The summed E-state index contributed by atoms with van der Waals surface area (Å²) >= 11 is 6.61. The van der Waals surface area contributed by atoms with Crippen LogP contribution in [0.4, 0.5) is 0 Å². The number of aromatic hydroxyl groups is 2. The van der Waals surface area contributed by atoms with Gasteiger partial charge in [0.1, 0.15) is 11.5 Å². The summed E-state index contributed by atoms with van der Waals surface area (Å²) in [6, 6.07) is 9.99. The van der Waals surface area contributed by atoms with Crippen molar-refractivity contribution in [1.82, 2.24) is 0 Å². The molecule has 0 radical (unpaired) electrons. The van der Waals surface area contributed by atoms with E-state index in [1.807, 2.05) is 0 Å². The van der Waals surface area contributed by atoms with Gasteiger partial charge in [-0.25, -0.2) is 0 Å². The van der Waals surface area contributed by atoms with Gasteiger partial charge in [0.2, 0.25) is 0 Å². The second kappa shape index (κ2) is 9.29. The molecule has 0 aromatic heterocycles. The number of oxime groups is 2. The summed E-state index contributed by atoms with van der Waals surface area (Å²) in [5.41, 5.74) is 1.07. The van der Waals surface area contributed by atoms with Crippen LogP contribution in [0.2, 0.25) is 0 Å². The van der Waals surface area contributed by atoms with Crippen molar-refractivity contribution in [1.29, 1.82) is 0 Å². The molecule has 0 spiro atoms. The predicted molar refractivity (Wildman–Crippen MR) is 98.7 cm³/mol. The number of rotatable bonds is 7. The fraction of sp³-hybridized carbons (Fsp3) is 0.125. The van der Waals surface area contributed by atoms with Gasteiger partial charge >= 0.3 is 0 Å². The molecule has 0 aliphatic heterocycles. The lowest BCUT2D eigenvalue weighted by molar-refractivity contribution is 0.0553. The third-order valence-corrected chi connectivity index (χ3v) is 3.76. The molecule has 0 unspecified atom stereocenters. The molecule has 6 nitrogen and oxygen atoms in total. The van der Waals surface area contributed by atoms with Crippen molar-refractivity contribution in [3.63, 3.8) is 0 Å². The molecule has 0 fully saturated rings. The maximum atomic E-state index is 9.62. The van der Waals surface area contributed by atoms with Gasteiger partial charge in [-0.3, -0.25) is 0 Å². The molecule has 0 saturated carbocycles. The molecule has 2 aromatic carbocycles. The molecule has 126 valence electrons. The highest BCUT2D eigenvalue weighted by Gasteiger charge is 1.99.